The van der Waals surface area contributed by atoms with Gasteiger partial charge >= 0.3 is 0 Å². The van der Waals surface area contributed by atoms with Gasteiger partial charge < -0.3 is 19.2 Å². The van der Waals surface area contributed by atoms with Crippen molar-refractivity contribution in [2.45, 2.75) is 32.7 Å². The van der Waals surface area contributed by atoms with Gasteiger partial charge in [-0.05, 0) is 80.3 Å². The van der Waals surface area contributed by atoms with Gasteiger partial charge in [-0.15, -0.1) is 0 Å². The maximum atomic E-state index is 13.4. The predicted octanol–water partition coefficient (Wildman–Crippen LogP) is 6.19. The molecule has 192 valence electrons. The van der Waals surface area contributed by atoms with Crippen LogP contribution in [-0.4, -0.2) is 36.5 Å². The van der Waals surface area contributed by atoms with Gasteiger partial charge in [0.15, 0.2) is 0 Å². The second-order valence-corrected chi connectivity index (χ2v) is 9.85. The van der Waals surface area contributed by atoms with Crippen LogP contribution in [0, 0.1) is 5.92 Å². The summed E-state index contributed by atoms with van der Waals surface area (Å²) in [6, 6.07) is 14.8. The molecule has 1 unspecified atom stereocenters. The van der Waals surface area contributed by atoms with Crippen molar-refractivity contribution in [2.75, 3.05) is 29.5 Å². The van der Waals surface area contributed by atoms with Gasteiger partial charge in [-0.1, -0.05) is 18.5 Å². The molecule has 0 spiro atoms. The van der Waals surface area contributed by atoms with Crippen molar-refractivity contribution in [3.63, 3.8) is 0 Å². The summed E-state index contributed by atoms with van der Waals surface area (Å²) < 4.78 is 11.2. The molecule has 2 aromatic carbocycles. The summed E-state index contributed by atoms with van der Waals surface area (Å²) in [6.45, 7) is 6.50. The lowest BCUT2D eigenvalue weighted by molar-refractivity contribution is -0.132. The van der Waals surface area contributed by atoms with Gasteiger partial charge in [0.05, 0.1) is 23.5 Å². The molecule has 3 heterocycles. The molecule has 37 heavy (non-hydrogen) atoms. The number of ether oxygens (including phenoxy) is 1. The van der Waals surface area contributed by atoms with E-state index in [1.54, 1.807) is 30.3 Å². The molecule has 0 radical (unpaired) electrons. The number of ketones is 1. The highest BCUT2D eigenvalue weighted by Gasteiger charge is 2.48. The molecule has 1 amide bonds. The minimum atomic E-state index is -0.955. The largest absolute Gasteiger partial charge is 0.507 e. The van der Waals surface area contributed by atoms with Crippen LogP contribution in [0.25, 0.3) is 5.76 Å². The average molecular weight is 521 g/mol. The number of Topliss-reactive ketones (excluding diaryl/α,β-unsaturated/α-hetero) is 1. The van der Waals surface area contributed by atoms with E-state index in [4.69, 9.17) is 20.8 Å². The van der Waals surface area contributed by atoms with Crippen LogP contribution in [-0.2, 0) is 9.59 Å². The van der Waals surface area contributed by atoms with Crippen molar-refractivity contribution in [2.24, 2.45) is 5.92 Å². The second-order valence-electron chi connectivity index (χ2n) is 9.45. The maximum Gasteiger partial charge on any atom is 0.300 e. The van der Waals surface area contributed by atoms with Gasteiger partial charge in [0, 0.05) is 30.0 Å². The normalized spacial score (nSPS) is 20.0. The Morgan fingerprint density at radius 1 is 1.08 bits per heavy atom. The summed E-state index contributed by atoms with van der Waals surface area (Å²) in [5.41, 5.74) is 1.72. The number of furan rings is 1. The number of rotatable bonds is 6. The zero-order chi connectivity index (χ0) is 26.1. The number of piperidine rings is 1. The minimum Gasteiger partial charge on any atom is -0.507 e. The molecule has 0 saturated carbocycles. The van der Waals surface area contributed by atoms with Crippen LogP contribution in [0.3, 0.4) is 0 Å². The third-order valence-electron chi connectivity index (χ3n) is 7.04. The Morgan fingerprint density at radius 2 is 1.78 bits per heavy atom. The predicted molar refractivity (Wildman–Crippen MR) is 143 cm³/mol. The van der Waals surface area contributed by atoms with E-state index >= 15 is 0 Å². The summed E-state index contributed by atoms with van der Waals surface area (Å²) in [5.74, 6) is -0.386. The first-order valence-corrected chi connectivity index (χ1v) is 12.9. The van der Waals surface area contributed by atoms with Crippen molar-refractivity contribution in [3.8, 4) is 5.75 Å². The Morgan fingerprint density at radius 3 is 2.43 bits per heavy atom. The van der Waals surface area contributed by atoms with Crippen LogP contribution < -0.4 is 14.5 Å². The molecule has 0 bridgehead atoms. The molecule has 2 saturated heterocycles. The van der Waals surface area contributed by atoms with Crippen molar-refractivity contribution in [3.05, 3.63) is 82.8 Å². The van der Waals surface area contributed by atoms with E-state index in [2.05, 4.69) is 11.8 Å². The highest BCUT2D eigenvalue weighted by atomic mass is 35.5. The summed E-state index contributed by atoms with van der Waals surface area (Å²) in [6.07, 6.45) is 3.75. The van der Waals surface area contributed by atoms with Gasteiger partial charge in [-0.25, -0.2) is 0 Å². The van der Waals surface area contributed by atoms with E-state index in [0.29, 0.717) is 23.8 Å². The van der Waals surface area contributed by atoms with Gasteiger partial charge in [0.2, 0.25) is 0 Å². The number of aliphatic hydroxyl groups excluding tert-OH is 1. The van der Waals surface area contributed by atoms with Crippen LogP contribution in [0.1, 0.15) is 44.1 Å². The first-order chi connectivity index (χ1) is 17.9. The number of hydrogen-bond acceptors (Lipinski definition) is 6. The molecule has 2 aliphatic rings. The van der Waals surface area contributed by atoms with Crippen molar-refractivity contribution in [1.29, 1.82) is 0 Å². The van der Waals surface area contributed by atoms with E-state index in [0.717, 1.165) is 37.5 Å². The van der Waals surface area contributed by atoms with Gasteiger partial charge in [-0.2, -0.15) is 0 Å². The topological polar surface area (TPSA) is 83.2 Å². The highest BCUT2D eigenvalue weighted by Crippen LogP contribution is 2.43. The number of hydrogen-bond donors (Lipinski definition) is 1. The van der Waals surface area contributed by atoms with E-state index in [1.165, 1.54) is 11.2 Å². The van der Waals surface area contributed by atoms with E-state index in [1.807, 2.05) is 31.2 Å². The zero-order valence-electron chi connectivity index (χ0n) is 20.8. The summed E-state index contributed by atoms with van der Waals surface area (Å²) in [4.78, 5) is 30.4. The number of amides is 1. The fraction of sp³-hybridized carbons (Fsp3) is 0.310. The molecular weight excluding hydrogens is 492 g/mol. The third-order valence-corrected chi connectivity index (χ3v) is 7.37. The number of aliphatic hydroxyl groups is 1. The summed E-state index contributed by atoms with van der Waals surface area (Å²) in [5, 5.41) is 11.6. The van der Waals surface area contributed by atoms with E-state index in [9.17, 15) is 14.7 Å². The van der Waals surface area contributed by atoms with Crippen LogP contribution in [0.4, 0.5) is 11.4 Å². The average Bonchev–Trinajstić information content (AvgIpc) is 3.52. The lowest BCUT2D eigenvalue weighted by Crippen LogP contribution is -2.33. The molecule has 2 fully saturated rings. The van der Waals surface area contributed by atoms with Gasteiger partial charge in [-0.3, -0.25) is 14.5 Å². The molecule has 1 atom stereocenters. The maximum absolute atomic E-state index is 13.4. The van der Waals surface area contributed by atoms with Gasteiger partial charge in [0.1, 0.15) is 23.3 Å². The number of nitrogens with zero attached hydrogens (tertiary/aromatic N) is 2. The fourth-order valence-electron chi connectivity index (χ4n) is 4.99. The van der Waals surface area contributed by atoms with Crippen molar-refractivity contribution < 1.29 is 23.8 Å². The molecule has 1 aromatic heterocycles. The third kappa shape index (κ3) is 4.71. The number of benzene rings is 2. The van der Waals surface area contributed by atoms with E-state index < -0.39 is 17.7 Å². The first-order valence-electron chi connectivity index (χ1n) is 12.5. The number of anilines is 2. The minimum absolute atomic E-state index is 0.0930. The van der Waals surface area contributed by atoms with Crippen LogP contribution in [0.5, 0.6) is 5.75 Å². The zero-order valence-corrected chi connectivity index (χ0v) is 21.6. The Labute approximate surface area is 220 Å². The Balaban J connectivity index is 1.56. The summed E-state index contributed by atoms with van der Waals surface area (Å²) >= 11 is 6.39. The Kier molecular flexibility index (Phi) is 6.98. The number of carbonyl (C=O) groups excluding carboxylic acids is 2. The molecular formula is C29H29ClN2O5. The van der Waals surface area contributed by atoms with Crippen molar-refractivity contribution in [1.82, 2.24) is 0 Å². The smallest absolute Gasteiger partial charge is 0.300 e. The van der Waals surface area contributed by atoms with Crippen LogP contribution in [0.15, 0.2) is 70.9 Å². The Bertz CT molecular complexity index is 1320. The lowest BCUT2D eigenvalue weighted by Gasteiger charge is -2.32. The molecule has 2 aliphatic heterocycles. The SMILES string of the molecule is CCOc1ccc(Cl)c(/C(O)=C2/C(=O)C(=O)N(c3ccc(N4CCC(C)CC4)cc3)C2c2ccco2)c1. The second kappa shape index (κ2) is 10.3. The molecule has 7 nitrogen and oxygen atoms in total. The quantitative estimate of drug-likeness (QED) is 0.237. The summed E-state index contributed by atoms with van der Waals surface area (Å²) in [7, 11) is 0. The molecule has 8 heteroatoms. The number of carbonyl (C=O) groups is 2. The highest BCUT2D eigenvalue weighted by molar-refractivity contribution is 6.52. The molecule has 5 rings (SSSR count). The lowest BCUT2D eigenvalue weighted by atomic mass is 9.98. The van der Waals surface area contributed by atoms with Crippen molar-refractivity contribution >= 4 is 40.4 Å². The standard InChI is InChI=1S/C29H29ClN2O5/c1-3-36-21-10-11-23(30)22(17-21)27(33)25-26(24-5-4-16-37-24)32(29(35)28(25)34)20-8-6-19(7-9-20)31-14-12-18(2)13-15-31/h4-11,16-18,26,33H,3,12-15H2,1-2H3/b27-25-. The fourth-order valence-corrected chi connectivity index (χ4v) is 5.20. The number of halogens is 1. The molecule has 0 aliphatic carbocycles. The molecule has 1 N–H and O–H groups in total. The van der Waals surface area contributed by atoms with Crippen LogP contribution in [0.2, 0.25) is 5.02 Å². The van der Waals surface area contributed by atoms with Gasteiger partial charge in [0.25, 0.3) is 11.7 Å². The first kappa shape index (κ1) is 25.0. The van der Waals surface area contributed by atoms with Crippen LogP contribution >= 0.6 is 11.6 Å². The monoisotopic (exact) mass is 520 g/mol. The molecule has 3 aromatic rings. The Hall–Kier alpha value is -3.71. The van der Waals surface area contributed by atoms with E-state index in [-0.39, 0.29) is 21.9 Å².